The molecule has 1 aromatic rings. The Balaban J connectivity index is 1.96. The summed E-state index contributed by atoms with van der Waals surface area (Å²) in [6.07, 6.45) is 1.92. The minimum Gasteiger partial charge on any atom is -0.481 e. The first kappa shape index (κ1) is 15.8. The number of urea groups is 1. The van der Waals surface area contributed by atoms with E-state index < -0.39 is 5.97 Å². The van der Waals surface area contributed by atoms with Crippen LogP contribution < -0.4 is 0 Å². The predicted molar refractivity (Wildman–Crippen MR) is 82.4 cm³/mol. The molecule has 21 heavy (non-hydrogen) atoms. The lowest BCUT2D eigenvalue weighted by atomic mass is 9.95. The van der Waals surface area contributed by atoms with E-state index in [2.05, 4.69) is 0 Å². The van der Waals surface area contributed by atoms with Crippen molar-refractivity contribution in [2.75, 3.05) is 20.1 Å². The van der Waals surface area contributed by atoms with Gasteiger partial charge >= 0.3 is 12.0 Å². The molecule has 0 radical (unpaired) electrons. The normalized spacial score (nSPS) is 20.1. The van der Waals surface area contributed by atoms with Crippen molar-refractivity contribution in [3.63, 3.8) is 0 Å². The van der Waals surface area contributed by atoms with Crippen LogP contribution in [0.3, 0.4) is 0 Å². The average molecular weight is 310 g/mol. The monoisotopic (exact) mass is 310 g/mol. The van der Waals surface area contributed by atoms with E-state index in [1.54, 1.807) is 21.1 Å². The smallest absolute Gasteiger partial charge is 0.320 e. The molecule has 1 aliphatic heterocycles. The number of piperidine rings is 1. The average Bonchev–Trinajstić information content (AvgIpc) is 2.98. The number of carbonyl (C=O) groups is 2. The molecule has 0 aromatic carbocycles. The minimum absolute atomic E-state index is 0.00834. The fraction of sp³-hybridized carbons (Fsp3) is 0.600. The summed E-state index contributed by atoms with van der Waals surface area (Å²) in [7, 11) is 1.81. The van der Waals surface area contributed by atoms with Crippen LogP contribution in [0.25, 0.3) is 0 Å². The second-order valence-corrected chi connectivity index (χ2v) is 6.62. The number of hydrogen-bond acceptors (Lipinski definition) is 3. The zero-order valence-corrected chi connectivity index (χ0v) is 13.3. The maximum Gasteiger partial charge on any atom is 0.320 e. The standard InChI is InChI=1S/C15H22N2O3S/c1-11(13-6-4-8-21-13)16(2)15(20)17-7-3-5-12(10-17)9-14(18)19/h4,6,8,11-12H,3,5,7,9-10H2,1-2H3,(H,18,19). The third-order valence-corrected chi connectivity index (χ3v) is 5.13. The van der Waals surface area contributed by atoms with Crippen LogP contribution in [0.4, 0.5) is 4.79 Å². The van der Waals surface area contributed by atoms with Crippen molar-refractivity contribution in [3.8, 4) is 0 Å². The zero-order valence-electron chi connectivity index (χ0n) is 12.5. The topological polar surface area (TPSA) is 60.9 Å². The van der Waals surface area contributed by atoms with Gasteiger partial charge in [-0.05, 0) is 37.1 Å². The quantitative estimate of drug-likeness (QED) is 0.930. The molecule has 1 aliphatic rings. The number of carboxylic acid groups (broad SMARTS) is 1. The lowest BCUT2D eigenvalue weighted by Gasteiger charge is -2.36. The van der Waals surface area contributed by atoms with E-state index in [1.165, 1.54) is 0 Å². The SMILES string of the molecule is CC(c1cccs1)N(C)C(=O)N1CCCC(CC(=O)O)C1. The van der Waals surface area contributed by atoms with Crippen molar-refractivity contribution in [1.82, 2.24) is 9.80 Å². The molecule has 0 saturated carbocycles. The Bertz CT molecular complexity index is 489. The molecule has 0 spiro atoms. The summed E-state index contributed by atoms with van der Waals surface area (Å²) in [5, 5.41) is 10.9. The summed E-state index contributed by atoms with van der Waals surface area (Å²) >= 11 is 1.64. The molecule has 2 amide bonds. The number of likely N-dealkylation sites (tertiary alicyclic amines) is 1. The van der Waals surface area contributed by atoms with E-state index in [0.717, 1.165) is 24.3 Å². The number of aliphatic carboxylic acids is 1. The molecule has 116 valence electrons. The summed E-state index contributed by atoms with van der Waals surface area (Å²) < 4.78 is 0. The van der Waals surface area contributed by atoms with Gasteiger partial charge < -0.3 is 14.9 Å². The number of rotatable bonds is 4. The molecule has 1 fully saturated rings. The Morgan fingerprint density at radius 2 is 2.33 bits per heavy atom. The van der Waals surface area contributed by atoms with Gasteiger partial charge in [0.25, 0.3) is 0 Å². The van der Waals surface area contributed by atoms with E-state index in [9.17, 15) is 9.59 Å². The summed E-state index contributed by atoms with van der Waals surface area (Å²) in [5.41, 5.74) is 0. The van der Waals surface area contributed by atoms with Crippen molar-refractivity contribution in [2.45, 2.75) is 32.2 Å². The molecule has 0 bridgehead atoms. The van der Waals surface area contributed by atoms with Crippen LogP contribution >= 0.6 is 11.3 Å². The van der Waals surface area contributed by atoms with Gasteiger partial charge in [-0.2, -0.15) is 0 Å². The molecule has 2 unspecified atom stereocenters. The number of thiophene rings is 1. The molecular formula is C15H22N2O3S. The first-order chi connectivity index (χ1) is 9.99. The van der Waals surface area contributed by atoms with Gasteiger partial charge in [-0.25, -0.2) is 4.79 Å². The van der Waals surface area contributed by atoms with Crippen LogP contribution in [0.2, 0.25) is 0 Å². The van der Waals surface area contributed by atoms with Crippen LogP contribution in [0.15, 0.2) is 17.5 Å². The van der Waals surface area contributed by atoms with Gasteiger partial charge in [-0.15, -0.1) is 11.3 Å². The van der Waals surface area contributed by atoms with Crippen LogP contribution in [0.1, 0.15) is 37.1 Å². The Morgan fingerprint density at radius 1 is 1.57 bits per heavy atom. The second-order valence-electron chi connectivity index (χ2n) is 5.64. The molecular weight excluding hydrogens is 288 g/mol. The Morgan fingerprint density at radius 3 is 2.95 bits per heavy atom. The van der Waals surface area contributed by atoms with Crippen LogP contribution in [-0.4, -0.2) is 47.0 Å². The van der Waals surface area contributed by atoms with E-state index in [4.69, 9.17) is 5.11 Å². The molecule has 2 rings (SSSR count). The Hall–Kier alpha value is -1.56. The maximum absolute atomic E-state index is 12.6. The first-order valence-corrected chi connectivity index (χ1v) is 8.14. The number of carbonyl (C=O) groups excluding carboxylic acids is 1. The highest BCUT2D eigenvalue weighted by Crippen LogP contribution is 2.26. The van der Waals surface area contributed by atoms with E-state index >= 15 is 0 Å². The fourth-order valence-corrected chi connectivity index (χ4v) is 3.59. The third-order valence-electron chi connectivity index (χ3n) is 4.09. The van der Waals surface area contributed by atoms with Crippen LogP contribution in [0, 0.1) is 5.92 Å². The lowest BCUT2D eigenvalue weighted by molar-refractivity contribution is -0.138. The molecule has 6 heteroatoms. The lowest BCUT2D eigenvalue weighted by Crippen LogP contribution is -2.47. The van der Waals surface area contributed by atoms with Crippen molar-refractivity contribution in [1.29, 1.82) is 0 Å². The number of nitrogens with zero attached hydrogens (tertiary/aromatic N) is 2. The van der Waals surface area contributed by atoms with Gasteiger partial charge in [0.2, 0.25) is 0 Å². The van der Waals surface area contributed by atoms with Gasteiger partial charge in [0.05, 0.1) is 6.04 Å². The van der Waals surface area contributed by atoms with Gasteiger partial charge in [-0.1, -0.05) is 6.07 Å². The Labute approximate surface area is 129 Å². The first-order valence-electron chi connectivity index (χ1n) is 7.26. The highest BCUT2D eigenvalue weighted by Gasteiger charge is 2.29. The van der Waals surface area contributed by atoms with Gasteiger partial charge in [0.15, 0.2) is 0 Å². The Kier molecular flexibility index (Phi) is 5.22. The van der Waals surface area contributed by atoms with Crippen LogP contribution in [0.5, 0.6) is 0 Å². The largest absolute Gasteiger partial charge is 0.481 e. The van der Waals surface area contributed by atoms with Crippen molar-refractivity contribution >= 4 is 23.3 Å². The van der Waals surface area contributed by atoms with E-state index in [1.807, 2.05) is 31.5 Å². The van der Waals surface area contributed by atoms with Gasteiger partial charge in [0, 0.05) is 31.4 Å². The van der Waals surface area contributed by atoms with Crippen molar-refractivity contribution < 1.29 is 14.7 Å². The summed E-state index contributed by atoms with van der Waals surface area (Å²) in [5.74, 6) is -0.708. The molecule has 1 saturated heterocycles. The molecule has 1 aromatic heterocycles. The molecule has 2 atom stereocenters. The van der Waals surface area contributed by atoms with Gasteiger partial charge in [-0.3, -0.25) is 4.79 Å². The molecule has 0 aliphatic carbocycles. The number of amides is 2. The molecule has 1 N–H and O–H groups in total. The van der Waals surface area contributed by atoms with Crippen LogP contribution in [-0.2, 0) is 4.79 Å². The van der Waals surface area contributed by atoms with E-state index in [-0.39, 0.29) is 24.4 Å². The van der Waals surface area contributed by atoms with Crippen molar-refractivity contribution in [3.05, 3.63) is 22.4 Å². The predicted octanol–water partition coefficient (Wildman–Crippen LogP) is 3.05. The number of carboxylic acids is 1. The second kappa shape index (κ2) is 6.93. The summed E-state index contributed by atoms with van der Waals surface area (Å²) in [6.45, 7) is 3.28. The summed E-state index contributed by atoms with van der Waals surface area (Å²) in [6, 6.07) is 4.05. The minimum atomic E-state index is -0.783. The summed E-state index contributed by atoms with van der Waals surface area (Å²) in [4.78, 5) is 28.1. The highest BCUT2D eigenvalue weighted by atomic mass is 32.1. The van der Waals surface area contributed by atoms with Crippen molar-refractivity contribution in [2.24, 2.45) is 5.92 Å². The number of hydrogen-bond donors (Lipinski definition) is 1. The zero-order chi connectivity index (χ0) is 15.4. The molecule has 2 heterocycles. The maximum atomic E-state index is 12.6. The highest BCUT2D eigenvalue weighted by molar-refractivity contribution is 7.10. The fourth-order valence-electron chi connectivity index (χ4n) is 2.76. The van der Waals surface area contributed by atoms with Gasteiger partial charge in [0.1, 0.15) is 0 Å². The van der Waals surface area contributed by atoms with E-state index in [0.29, 0.717) is 6.54 Å². The molecule has 5 nitrogen and oxygen atoms in total. The third kappa shape index (κ3) is 3.97.